The second-order valence-corrected chi connectivity index (χ2v) is 6.69. The zero-order chi connectivity index (χ0) is 15.4. The van der Waals surface area contributed by atoms with Gasteiger partial charge in [0.25, 0.3) is 5.91 Å². The number of nitrogens with one attached hydrogen (secondary N) is 1. The lowest BCUT2D eigenvalue weighted by Gasteiger charge is -2.07. The average Bonchev–Trinajstić information content (AvgIpc) is 2.48. The predicted molar refractivity (Wildman–Crippen MR) is 84.0 cm³/mol. The van der Waals surface area contributed by atoms with Gasteiger partial charge in [-0.05, 0) is 42.5 Å². The first-order valence-electron chi connectivity index (χ1n) is 6.13. The Morgan fingerprint density at radius 1 is 1.24 bits per heavy atom. The van der Waals surface area contributed by atoms with Gasteiger partial charge in [0.05, 0.1) is 0 Å². The van der Waals surface area contributed by atoms with Crippen LogP contribution in [0.5, 0.6) is 0 Å². The van der Waals surface area contributed by atoms with Gasteiger partial charge in [-0.25, -0.2) is 4.39 Å². The van der Waals surface area contributed by atoms with Gasteiger partial charge in [0, 0.05) is 44.1 Å². The van der Waals surface area contributed by atoms with E-state index in [2.05, 4.69) is 21.2 Å². The highest BCUT2D eigenvalue weighted by molar-refractivity contribution is 9.10. The van der Waals surface area contributed by atoms with Gasteiger partial charge in [0.1, 0.15) is 5.82 Å². The maximum absolute atomic E-state index is 13.6. The van der Waals surface area contributed by atoms with Crippen LogP contribution in [-0.4, -0.2) is 16.4 Å². The van der Waals surface area contributed by atoms with Gasteiger partial charge in [-0.3, -0.25) is 9.00 Å². The summed E-state index contributed by atoms with van der Waals surface area (Å²) in [6.07, 6.45) is 1.57. The van der Waals surface area contributed by atoms with Gasteiger partial charge in [-0.15, -0.1) is 0 Å². The molecule has 6 heteroatoms. The number of hydrogen-bond acceptors (Lipinski definition) is 2. The Labute approximate surface area is 133 Å². The molecule has 0 bridgehead atoms. The molecule has 0 aliphatic heterocycles. The smallest absolute Gasteiger partial charge is 0.251 e. The summed E-state index contributed by atoms with van der Waals surface area (Å²) in [5.74, 6) is -0.668. The number of benzene rings is 2. The van der Waals surface area contributed by atoms with Gasteiger partial charge < -0.3 is 5.32 Å². The minimum atomic E-state index is -1.08. The van der Waals surface area contributed by atoms with Crippen molar-refractivity contribution in [2.24, 2.45) is 0 Å². The van der Waals surface area contributed by atoms with Crippen LogP contribution in [0.1, 0.15) is 15.9 Å². The van der Waals surface area contributed by atoms with E-state index in [1.165, 1.54) is 6.07 Å². The summed E-state index contributed by atoms with van der Waals surface area (Å²) in [7, 11) is -1.08. The third kappa shape index (κ3) is 4.22. The molecule has 0 fully saturated rings. The number of carbonyl (C=O) groups excluding carboxylic acids is 1. The minimum absolute atomic E-state index is 0.103. The van der Waals surface area contributed by atoms with Crippen molar-refractivity contribution in [3.8, 4) is 0 Å². The van der Waals surface area contributed by atoms with Crippen LogP contribution >= 0.6 is 15.9 Å². The summed E-state index contributed by atoms with van der Waals surface area (Å²) in [5.41, 5.74) is 0.851. The fourth-order valence-corrected chi connectivity index (χ4v) is 2.68. The maximum Gasteiger partial charge on any atom is 0.251 e. The largest absolute Gasteiger partial charge is 0.348 e. The molecule has 2 rings (SSSR count). The van der Waals surface area contributed by atoms with Crippen molar-refractivity contribution < 1.29 is 13.4 Å². The fraction of sp³-hybridized carbons (Fsp3) is 0.133. The molecule has 1 atom stereocenters. The molecule has 3 nitrogen and oxygen atoms in total. The molecular weight excluding hydrogens is 357 g/mol. The Kier molecular flexibility index (Phi) is 5.25. The van der Waals surface area contributed by atoms with Crippen LogP contribution in [0.3, 0.4) is 0 Å². The van der Waals surface area contributed by atoms with Gasteiger partial charge in [0.15, 0.2) is 0 Å². The molecule has 21 heavy (non-hydrogen) atoms. The Morgan fingerprint density at radius 3 is 2.52 bits per heavy atom. The van der Waals surface area contributed by atoms with Gasteiger partial charge in [-0.2, -0.15) is 0 Å². The molecule has 0 aromatic heterocycles. The Hall–Kier alpha value is -1.53. The second kappa shape index (κ2) is 6.95. The van der Waals surface area contributed by atoms with Crippen LogP contribution < -0.4 is 5.32 Å². The highest BCUT2D eigenvalue weighted by atomic mass is 79.9. The third-order valence-electron chi connectivity index (χ3n) is 2.90. The van der Waals surface area contributed by atoms with Gasteiger partial charge >= 0.3 is 0 Å². The molecule has 2 aromatic carbocycles. The lowest BCUT2D eigenvalue weighted by Crippen LogP contribution is -2.23. The number of halogens is 2. The predicted octanol–water partition coefficient (Wildman–Crippen LogP) is 3.26. The number of rotatable bonds is 4. The molecule has 0 saturated carbocycles. The number of amides is 1. The zero-order valence-electron chi connectivity index (χ0n) is 11.2. The number of carbonyl (C=O) groups is 1. The topological polar surface area (TPSA) is 46.2 Å². The second-order valence-electron chi connectivity index (χ2n) is 4.40. The third-order valence-corrected chi connectivity index (χ3v) is 4.32. The van der Waals surface area contributed by atoms with Gasteiger partial charge in [-0.1, -0.05) is 15.9 Å². The Balaban J connectivity index is 2.04. The molecule has 1 N–H and O–H groups in total. The zero-order valence-corrected chi connectivity index (χ0v) is 13.6. The van der Waals surface area contributed by atoms with Crippen molar-refractivity contribution in [3.05, 3.63) is 63.9 Å². The molecular formula is C15H13BrFNO2S. The number of hydrogen-bond donors (Lipinski definition) is 1. The van der Waals surface area contributed by atoms with Crippen LogP contribution in [-0.2, 0) is 17.3 Å². The quantitative estimate of drug-likeness (QED) is 0.898. The Bertz CT molecular complexity index is 689. The average molecular weight is 370 g/mol. The molecule has 0 spiro atoms. The minimum Gasteiger partial charge on any atom is -0.348 e. The summed E-state index contributed by atoms with van der Waals surface area (Å²) in [4.78, 5) is 12.6. The van der Waals surface area contributed by atoms with Crippen LogP contribution in [0.25, 0.3) is 0 Å². The lowest BCUT2D eigenvalue weighted by atomic mass is 10.2. The van der Waals surface area contributed by atoms with Crippen LogP contribution in [0, 0.1) is 5.82 Å². The molecule has 0 saturated heterocycles. The van der Waals surface area contributed by atoms with Crippen LogP contribution in [0.15, 0.2) is 51.8 Å². The van der Waals surface area contributed by atoms with Crippen molar-refractivity contribution in [1.82, 2.24) is 5.32 Å². The van der Waals surface area contributed by atoms with E-state index in [-0.39, 0.29) is 18.3 Å². The van der Waals surface area contributed by atoms with Crippen molar-refractivity contribution in [1.29, 1.82) is 0 Å². The molecule has 1 unspecified atom stereocenters. The van der Waals surface area contributed by atoms with Crippen LogP contribution in [0.4, 0.5) is 4.39 Å². The van der Waals surface area contributed by atoms with Crippen molar-refractivity contribution in [2.45, 2.75) is 11.4 Å². The van der Waals surface area contributed by atoms with E-state index in [1.807, 2.05) is 0 Å². The van der Waals surface area contributed by atoms with E-state index >= 15 is 0 Å². The maximum atomic E-state index is 13.6. The molecule has 0 radical (unpaired) electrons. The first-order chi connectivity index (χ1) is 9.97. The first-order valence-corrected chi connectivity index (χ1v) is 8.48. The molecule has 0 heterocycles. The highest BCUT2D eigenvalue weighted by Gasteiger charge is 2.08. The molecule has 0 aliphatic carbocycles. The van der Waals surface area contributed by atoms with Crippen molar-refractivity contribution in [2.75, 3.05) is 6.26 Å². The van der Waals surface area contributed by atoms with Crippen LogP contribution in [0.2, 0.25) is 0 Å². The summed E-state index contributed by atoms with van der Waals surface area (Å²) in [5, 5.41) is 2.66. The summed E-state index contributed by atoms with van der Waals surface area (Å²) in [6.45, 7) is 0.103. The summed E-state index contributed by atoms with van der Waals surface area (Å²) >= 11 is 3.26. The van der Waals surface area contributed by atoms with E-state index in [9.17, 15) is 13.4 Å². The fourth-order valence-electron chi connectivity index (χ4n) is 1.75. The van der Waals surface area contributed by atoms with E-state index in [0.717, 1.165) is 4.47 Å². The Morgan fingerprint density at radius 2 is 1.90 bits per heavy atom. The van der Waals surface area contributed by atoms with E-state index in [1.54, 1.807) is 42.7 Å². The van der Waals surface area contributed by atoms with Crippen molar-refractivity contribution in [3.63, 3.8) is 0 Å². The lowest BCUT2D eigenvalue weighted by molar-refractivity contribution is 0.0950. The van der Waals surface area contributed by atoms with E-state index in [4.69, 9.17) is 0 Å². The summed E-state index contributed by atoms with van der Waals surface area (Å²) in [6, 6.07) is 11.1. The molecule has 110 valence electrons. The normalized spacial score (nSPS) is 12.0. The summed E-state index contributed by atoms with van der Waals surface area (Å²) < 4.78 is 25.6. The van der Waals surface area contributed by atoms with E-state index < -0.39 is 10.8 Å². The monoisotopic (exact) mass is 369 g/mol. The first kappa shape index (κ1) is 15.9. The standard InChI is InChI=1S/C15H13BrFNO2S/c1-21(20)13-5-2-10(3-6-13)15(19)18-9-11-8-12(16)4-7-14(11)17/h2-8H,9H2,1H3,(H,18,19). The molecule has 0 aliphatic rings. The highest BCUT2D eigenvalue weighted by Crippen LogP contribution is 2.15. The SMILES string of the molecule is CS(=O)c1ccc(C(=O)NCc2cc(Br)ccc2F)cc1. The van der Waals surface area contributed by atoms with Crippen molar-refractivity contribution >= 4 is 32.6 Å². The molecule has 2 aromatic rings. The molecule has 1 amide bonds. The van der Waals surface area contributed by atoms with E-state index in [0.29, 0.717) is 16.0 Å². The van der Waals surface area contributed by atoms with Gasteiger partial charge in [0.2, 0.25) is 0 Å².